The average Bonchev–Trinajstić information content (AvgIpc) is 2.62. The summed E-state index contributed by atoms with van der Waals surface area (Å²) in [4.78, 5) is 0. The molecule has 8 heteroatoms. The van der Waals surface area contributed by atoms with Crippen molar-refractivity contribution in [2.24, 2.45) is 17.8 Å². The van der Waals surface area contributed by atoms with Crippen LogP contribution in [0.3, 0.4) is 0 Å². The van der Waals surface area contributed by atoms with Crippen molar-refractivity contribution in [1.29, 1.82) is 10.5 Å². The third kappa shape index (κ3) is 6.84. The fourth-order valence-electron chi connectivity index (χ4n) is 4.30. The van der Waals surface area contributed by atoms with Gasteiger partial charge in [-0.1, -0.05) is 0 Å². The zero-order valence-electron chi connectivity index (χ0n) is 15.4. The van der Waals surface area contributed by atoms with Crippen LogP contribution < -0.4 is 10.6 Å². The van der Waals surface area contributed by atoms with Crippen LogP contribution in [0.25, 0.3) is 0 Å². The van der Waals surface area contributed by atoms with Gasteiger partial charge in [-0.15, -0.1) is 0 Å². The third-order valence-corrected chi connectivity index (χ3v) is 6.09. The van der Waals surface area contributed by atoms with E-state index < -0.39 is 18.0 Å². The number of alkyl halides is 3. The molecule has 2 saturated carbocycles. The summed E-state index contributed by atoms with van der Waals surface area (Å²) >= 11 is 5.32. The van der Waals surface area contributed by atoms with Gasteiger partial charge in [0.05, 0.1) is 24.0 Å². The van der Waals surface area contributed by atoms with Gasteiger partial charge in [-0.3, -0.25) is 0 Å². The smallest absolute Gasteiger partial charge is 0.360 e. The molecule has 0 spiro atoms. The third-order valence-electron chi connectivity index (χ3n) is 5.85. The lowest BCUT2D eigenvalue weighted by atomic mass is 9.77. The Morgan fingerprint density at radius 3 is 2.22 bits per heavy atom. The number of thiocarbonyl (C=S) groups is 1. The molecular weight excluding hydrogens is 373 g/mol. The molecule has 0 aliphatic heterocycles. The highest BCUT2D eigenvalue weighted by Gasteiger charge is 2.48. The second-order valence-corrected chi connectivity index (χ2v) is 8.19. The van der Waals surface area contributed by atoms with E-state index in [-0.39, 0.29) is 24.9 Å². The van der Waals surface area contributed by atoms with Crippen molar-refractivity contribution in [2.75, 3.05) is 0 Å². The van der Waals surface area contributed by atoms with Gasteiger partial charge in [0.1, 0.15) is 0 Å². The highest BCUT2D eigenvalue weighted by Crippen LogP contribution is 2.41. The van der Waals surface area contributed by atoms with Gasteiger partial charge < -0.3 is 10.6 Å². The molecule has 0 bridgehead atoms. The largest absolute Gasteiger partial charge is 0.393 e. The Morgan fingerprint density at radius 1 is 1.00 bits per heavy atom. The van der Waals surface area contributed by atoms with Gasteiger partial charge in [0.25, 0.3) is 0 Å². The van der Waals surface area contributed by atoms with Crippen LogP contribution in [0.4, 0.5) is 13.2 Å². The van der Waals surface area contributed by atoms with Crippen LogP contribution in [0.5, 0.6) is 0 Å². The molecule has 3 atom stereocenters. The Kier molecular flexibility index (Phi) is 8.16. The first-order valence-electron chi connectivity index (χ1n) is 9.73. The molecule has 4 nitrogen and oxygen atoms in total. The summed E-state index contributed by atoms with van der Waals surface area (Å²) in [6.07, 6.45) is 3.14. The van der Waals surface area contributed by atoms with E-state index >= 15 is 0 Å². The number of unbranched alkanes of at least 4 members (excludes halogenated alkanes) is 1. The molecule has 0 radical (unpaired) electrons. The van der Waals surface area contributed by atoms with E-state index in [2.05, 4.69) is 16.7 Å². The number of nitrogens with one attached hydrogen (secondary N) is 2. The van der Waals surface area contributed by atoms with Crippen molar-refractivity contribution in [1.82, 2.24) is 10.6 Å². The number of nitriles is 2. The molecule has 0 heterocycles. The maximum absolute atomic E-state index is 13.2. The Balaban J connectivity index is 1.73. The number of hydrogen-bond acceptors (Lipinski definition) is 3. The Labute approximate surface area is 164 Å². The average molecular weight is 401 g/mol. The number of nitrogens with zero attached hydrogens (tertiary/aromatic N) is 2. The number of rotatable bonds is 5. The van der Waals surface area contributed by atoms with Gasteiger partial charge in [0.15, 0.2) is 5.11 Å². The predicted molar refractivity (Wildman–Crippen MR) is 100 cm³/mol. The lowest BCUT2D eigenvalue weighted by Gasteiger charge is -2.36. The van der Waals surface area contributed by atoms with Crippen LogP contribution in [-0.2, 0) is 0 Å². The van der Waals surface area contributed by atoms with Crippen molar-refractivity contribution in [3.05, 3.63) is 0 Å². The molecule has 2 aliphatic rings. The van der Waals surface area contributed by atoms with Gasteiger partial charge in [0.2, 0.25) is 0 Å². The summed E-state index contributed by atoms with van der Waals surface area (Å²) in [6.45, 7) is 0. The minimum atomic E-state index is -4.35. The van der Waals surface area contributed by atoms with Crippen LogP contribution in [-0.4, -0.2) is 23.4 Å². The normalized spacial score (nSPS) is 31.4. The zero-order chi connectivity index (χ0) is 19.9. The van der Waals surface area contributed by atoms with Crippen LogP contribution in [0.2, 0.25) is 0 Å². The van der Waals surface area contributed by atoms with E-state index in [9.17, 15) is 13.2 Å². The first kappa shape index (κ1) is 21.8. The molecule has 150 valence electrons. The molecule has 2 aliphatic carbocycles. The minimum absolute atomic E-state index is 0.102. The molecule has 2 N–H and O–H groups in total. The van der Waals surface area contributed by atoms with E-state index in [0.29, 0.717) is 23.9 Å². The molecule has 0 aromatic carbocycles. The second-order valence-electron chi connectivity index (χ2n) is 7.78. The van der Waals surface area contributed by atoms with Crippen LogP contribution in [0.1, 0.15) is 64.2 Å². The molecule has 0 saturated heterocycles. The van der Waals surface area contributed by atoms with Crippen molar-refractivity contribution in [3.63, 3.8) is 0 Å². The van der Waals surface area contributed by atoms with Gasteiger partial charge in [-0.25, -0.2) is 0 Å². The van der Waals surface area contributed by atoms with E-state index in [4.69, 9.17) is 22.7 Å². The van der Waals surface area contributed by atoms with Crippen molar-refractivity contribution in [3.8, 4) is 12.1 Å². The van der Waals surface area contributed by atoms with Gasteiger partial charge in [0, 0.05) is 18.5 Å². The van der Waals surface area contributed by atoms with E-state index in [1.807, 2.05) is 6.07 Å². The molecule has 0 aromatic rings. The number of hydrogen-bond donors (Lipinski definition) is 2. The summed E-state index contributed by atoms with van der Waals surface area (Å²) < 4.78 is 39.5. The summed E-state index contributed by atoms with van der Waals surface area (Å²) in [7, 11) is 0. The highest BCUT2D eigenvalue weighted by molar-refractivity contribution is 7.80. The van der Waals surface area contributed by atoms with Crippen LogP contribution in [0, 0.1) is 40.4 Å². The standard InChI is InChI=1S/C19H27F3N4S/c20-19(21,22)17-11-16(9-6-14(17)12-24)26-18(27)25-15-7-4-13(5-8-15)3-1-2-10-23/h13-17H,1-9,11H2,(H2,25,26,27). The minimum Gasteiger partial charge on any atom is -0.360 e. The van der Waals surface area contributed by atoms with E-state index in [0.717, 1.165) is 38.5 Å². The molecule has 0 aromatic heterocycles. The zero-order valence-corrected chi connectivity index (χ0v) is 16.2. The molecule has 2 rings (SSSR count). The van der Waals surface area contributed by atoms with Crippen molar-refractivity contribution in [2.45, 2.75) is 82.5 Å². The fraction of sp³-hybridized carbons (Fsp3) is 0.842. The summed E-state index contributed by atoms with van der Waals surface area (Å²) in [5, 5.41) is 24.3. The van der Waals surface area contributed by atoms with Crippen molar-refractivity contribution < 1.29 is 13.2 Å². The predicted octanol–water partition coefficient (Wildman–Crippen LogP) is 4.57. The summed E-state index contributed by atoms with van der Waals surface area (Å²) in [5.41, 5.74) is 0. The fourth-order valence-corrected chi connectivity index (χ4v) is 4.63. The van der Waals surface area contributed by atoms with E-state index in [1.54, 1.807) is 0 Å². The highest BCUT2D eigenvalue weighted by atomic mass is 32.1. The van der Waals surface area contributed by atoms with Gasteiger partial charge in [-0.05, 0) is 75.9 Å². The topological polar surface area (TPSA) is 71.6 Å². The maximum Gasteiger partial charge on any atom is 0.393 e. The second kappa shape index (κ2) is 10.1. The first-order valence-corrected chi connectivity index (χ1v) is 10.1. The van der Waals surface area contributed by atoms with Gasteiger partial charge in [-0.2, -0.15) is 23.7 Å². The molecule has 3 unspecified atom stereocenters. The molecular formula is C19H27F3N4S. The quantitative estimate of drug-likeness (QED) is 0.522. The lowest BCUT2D eigenvalue weighted by molar-refractivity contribution is -0.192. The van der Waals surface area contributed by atoms with E-state index in [1.165, 1.54) is 0 Å². The SMILES string of the molecule is N#CCCCC1CCC(NC(=S)NC2CCC(C#N)C(C(F)(F)F)C2)CC1. The van der Waals surface area contributed by atoms with Crippen molar-refractivity contribution >= 4 is 17.3 Å². The maximum atomic E-state index is 13.2. The molecule has 2 fully saturated rings. The first-order chi connectivity index (χ1) is 12.8. The monoisotopic (exact) mass is 400 g/mol. The van der Waals surface area contributed by atoms with Crippen LogP contribution >= 0.6 is 12.2 Å². The summed E-state index contributed by atoms with van der Waals surface area (Å²) in [5.74, 6) is -1.88. The van der Waals surface area contributed by atoms with Gasteiger partial charge >= 0.3 is 6.18 Å². The lowest BCUT2D eigenvalue weighted by Crippen LogP contribution is -2.50. The number of halogens is 3. The Hall–Kier alpha value is -1.54. The molecule has 27 heavy (non-hydrogen) atoms. The Bertz CT molecular complexity index is 573. The molecule has 0 amide bonds. The van der Waals surface area contributed by atoms with Crippen LogP contribution in [0.15, 0.2) is 0 Å². The Morgan fingerprint density at radius 2 is 1.63 bits per heavy atom. The summed E-state index contributed by atoms with van der Waals surface area (Å²) in [6, 6.07) is 3.89.